The first-order valence-corrected chi connectivity index (χ1v) is 11.6. The quantitative estimate of drug-likeness (QED) is 0.617. The topological polar surface area (TPSA) is 89.1 Å². The standard InChI is InChI=1S/C26H34N6O/c1-18-14-32(17-29-18)23-11-19(15-31-9-5-6-21(27)16-31)10-22(13-23)30-25(33)24-12-20(7-8-28-24)26(2,3)4/h7-8,10-14,17,21H,5-6,9,15-16,27H2,1-4H3,(H,30,33)/t21-/m0/s1. The van der Waals surface area contributed by atoms with Crippen LogP contribution in [0.25, 0.3) is 5.69 Å². The summed E-state index contributed by atoms with van der Waals surface area (Å²) in [6.45, 7) is 11.0. The minimum absolute atomic E-state index is 0.0559. The Labute approximate surface area is 196 Å². The molecule has 33 heavy (non-hydrogen) atoms. The van der Waals surface area contributed by atoms with Gasteiger partial charge >= 0.3 is 0 Å². The van der Waals surface area contributed by atoms with Crippen molar-refractivity contribution in [3.05, 3.63) is 71.6 Å². The van der Waals surface area contributed by atoms with Gasteiger partial charge in [0.1, 0.15) is 5.69 Å². The summed E-state index contributed by atoms with van der Waals surface area (Å²) in [5.41, 5.74) is 11.4. The van der Waals surface area contributed by atoms with E-state index in [1.807, 2.05) is 42.0 Å². The lowest BCUT2D eigenvalue weighted by Gasteiger charge is -2.30. The van der Waals surface area contributed by atoms with Crippen molar-refractivity contribution in [1.29, 1.82) is 0 Å². The van der Waals surface area contributed by atoms with Crippen LogP contribution >= 0.6 is 0 Å². The minimum atomic E-state index is -0.217. The molecule has 0 unspecified atom stereocenters. The number of hydrogen-bond donors (Lipinski definition) is 2. The molecule has 1 aromatic carbocycles. The summed E-state index contributed by atoms with van der Waals surface area (Å²) in [5.74, 6) is -0.217. The predicted molar refractivity (Wildman–Crippen MR) is 132 cm³/mol. The van der Waals surface area contributed by atoms with Crippen LogP contribution in [0.2, 0.25) is 0 Å². The SMILES string of the molecule is Cc1cn(-c2cc(CN3CCC[C@H](N)C3)cc(NC(=O)c3cc(C(C)(C)C)ccn3)c2)cn1. The average molecular weight is 447 g/mol. The number of nitrogens with one attached hydrogen (secondary N) is 1. The summed E-state index contributed by atoms with van der Waals surface area (Å²) < 4.78 is 1.98. The van der Waals surface area contributed by atoms with Crippen LogP contribution in [0.1, 0.15) is 60.9 Å². The molecule has 3 aromatic rings. The van der Waals surface area contributed by atoms with Gasteiger partial charge in [0.15, 0.2) is 0 Å². The van der Waals surface area contributed by atoms with Crippen LogP contribution in [0.5, 0.6) is 0 Å². The molecule has 1 atom stereocenters. The van der Waals surface area contributed by atoms with Crippen molar-refractivity contribution in [1.82, 2.24) is 19.4 Å². The molecule has 4 rings (SSSR count). The lowest BCUT2D eigenvalue weighted by Crippen LogP contribution is -2.42. The zero-order valence-electron chi connectivity index (χ0n) is 20.0. The van der Waals surface area contributed by atoms with Crippen LogP contribution in [0.4, 0.5) is 5.69 Å². The molecule has 2 aromatic heterocycles. The van der Waals surface area contributed by atoms with E-state index in [9.17, 15) is 4.79 Å². The fourth-order valence-corrected chi connectivity index (χ4v) is 4.26. The Morgan fingerprint density at radius 1 is 1.21 bits per heavy atom. The Morgan fingerprint density at radius 3 is 2.73 bits per heavy atom. The fraction of sp³-hybridized carbons (Fsp3) is 0.423. The van der Waals surface area contributed by atoms with Gasteiger partial charge in [0.25, 0.3) is 5.91 Å². The number of nitrogens with two attached hydrogens (primary N) is 1. The number of carbonyl (C=O) groups is 1. The number of rotatable bonds is 5. The highest BCUT2D eigenvalue weighted by atomic mass is 16.1. The van der Waals surface area contributed by atoms with Crippen LogP contribution in [-0.4, -0.2) is 44.5 Å². The van der Waals surface area contributed by atoms with Gasteiger partial charge in [0.2, 0.25) is 0 Å². The van der Waals surface area contributed by atoms with E-state index in [-0.39, 0.29) is 17.4 Å². The van der Waals surface area contributed by atoms with Crippen LogP contribution in [-0.2, 0) is 12.0 Å². The maximum absolute atomic E-state index is 13.1. The molecule has 7 heteroatoms. The molecule has 7 nitrogen and oxygen atoms in total. The number of piperidine rings is 1. The number of benzene rings is 1. The molecule has 1 fully saturated rings. The Morgan fingerprint density at radius 2 is 2.03 bits per heavy atom. The zero-order chi connectivity index (χ0) is 23.6. The van der Waals surface area contributed by atoms with Crippen molar-refractivity contribution < 1.29 is 4.79 Å². The van der Waals surface area contributed by atoms with Gasteiger partial charge in [-0.15, -0.1) is 0 Å². The number of anilines is 1. The number of amides is 1. The van der Waals surface area contributed by atoms with Crippen molar-refractivity contribution in [2.45, 2.75) is 58.5 Å². The number of likely N-dealkylation sites (tertiary alicyclic amines) is 1. The first kappa shape index (κ1) is 23.1. The Balaban J connectivity index is 1.62. The van der Waals surface area contributed by atoms with Crippen LogP contribution in [0.15, 0.2) is 49.1 Å². The van der Waals surface area contributed by atoms with Gasteiger partial charge < -0.3 is 15.6 Å². The second kappa shape index (κ2) is 9.45. The molecular weight excluding hydrogens is 412 g/mol. The highest BCUT2D eigenvalue weighted by Crippen LogP contribution is 2.24. The third kappa shape index (κ3) is 5.86. The van der Waals surface area contributed by atoms with Crippen molar-refractivity contribution in [2.75, 3.05) is 18.4 Å². The van der Waals surface area contributed by atoms with Gasteiger partial charge in [-0.1, -0.05) is 20.8 Å². The Bertz CT molecular complexity index is 1130. The lowest BCUT2D eigenvalue weighted by atomic mass is 9.87. The van der Waals surface area contributed by atoms with Crippen molar-refractivity contribution in [3.8, 4) is 5.69 Å². The number of pyridine rings is 1. The maximum Gasteiger partial charge on any atom is 0.274 e. The molecule has 174 valence electrons. The number of imidazole rings is 1. The predicted octanol–water partition coefficient (Wildman–Crippen LogP) is 4.05. The third-order valence-corrected chi connectivity index (χ3v) is 6.05. The third-order valence-electron chi connectivity index (χ3n) is 6.05. The lowest BCUT2D eigenvalue weighted by molar-refractivity contribution is 0.102. The van der Waals surface area contributed by atoms with E-state index in [0.717, 1.165) is 60.7 Å². The normalized spacial score (nSPS) is 17.2. The molecule has 3 heterocycles. The molecule has 1 saturated heterocycles. The molecule has 3 N–H and O–H groups in total. The van der Waals surface area contributed by atoms with E-state index in [2.05, 4.69) is 47.0 Å². The van der Waals surface area contributed by atoms with E-state index >= 15 is 0 Å². The van der Waals surface area contributed by atoms with E-state index in [4.69, 9.17) is 5.73 Å². The molecule has 0 radical (unpaired) electrons. The summed E-state index contributed by atoms with van der Waals surface area (Å²) in [5, 5.41) is 3.06. The molecule has 1 aliphatic rings. The summed E-state index contributed by atoms with van der Waals surface area (Å²) in [6.07, 6.45) is 7.67. The van der Waals surface area contributed by atoms with E-state index in [1.54, 1.807) is 12.5 Å². The molecule has 0 bridgehead atoms. The molecule has 0 saturated carbocycles. The first-order valence-electron chi connectivity index (χ1n) is 11.6. The Hall–Kier alpha value is -3.03. The first-order chi connectivity index (χ1) is 15.7. The number of carbonyl (C=O) groups excluding carboxylic acids is 1. The molecule has 0 spiro atoms. The monoisotopic (exact) mass is 446 g/mol. The highest BCUT2D eigenvalue weighted by Gasteiger charge is 2.19. The van der Waals surface area contributed by atoms with Gasteiger partial charge in [-0.25, -0.2) is 4.98 Å². The Kier molecular flexibility index (Phi) is 6.63. The second-order valence-electron chi connectivity index (χ2n) is 10.1. The van der Waals surface area contributed by atoms with Gasteiger partial charge in [0, 0.05) is 42.9 Å². The van der Waals surface area contributed by atoms with Crippen molar-refractivity contribution >= 4 is 11.6 Å². The highest BCUT2D eigenvalue weighted by molar-refractivity contribution is 6.03. The number of aromatic nitrogens is 3. The van der Waals surface area contributed by atoms with Crippen LogP contribution in [0, 0.1) is 6.92 Å². The maximum atomic E-state index is 13.1. The summed E-state index contributed by atoms with van der Waals surface area (Å²) >= 11 is 0. The number of nitrogens with zero attached hydrogens (tertiary/aromatic N) is 4. The molecule has 1 aliphatic heterocycles. The smallest absolute Gasteiger partial charge is 0.274 e. The van der Waals surface area contributed by atoms with Crippen LogP contribution < -0.4 is 11.1 Å². The minimum Gasteiger partial charge on any atom is -0.327 e. The molecule has 0 aliphatic carbocycles. The summed E-state index contributed by atoms with van der Waals surface area (Å²) in [6, 6.07) is 10.2. The van der Waals surface area contributed by atoms with E-state index in [0.29, 0.717) is 5.69 Å². The van der Waals surface area contributed by atoms with Crippen LogP contribution in [0.3, 0.4) is 0 Å². The van der Waals surface area contributed by atoms with Gasteiger partial charge in [-0.3, -0.25) is 14.7 Å². The van der Waals surface area contributed by atoms with Gasteiger partial charge in [0.05, 0.1) is 12.0 Å². The number of aryl methyl sites for hydroxylation is 1. The zero-order valence-corrected chi connectivity index (χ0v) is 20.0. The summed E-state index contributed by atoms with van der Waals surface area (Å²) in [7, 11) is 0. The van der Waals surface area contributed by atoms with E-state index in [1.165, 1.54) is 0 Å². The average Bonchev–Trinajstić information content (AvgIpc) is 3.19. The van der Waals surface area contributed by atoms with Crippen molar-refractivity contribution in [3.63, 3.8) is 0 Å². The van der Waals surface area contributed by atoms with E-state index < -0.39 is 0 Å². The summed E-state index contributed by atoms with van der Waals surface area (Å²) in [4.78, 5) is 24.1. The fourth-order valence-electron chi connectivity index (χ4n) is 4.26. The van der Waals surface area contributed by atoms with Crippen molar-refractivity contribution in [2.24, 2.45) is 5.73 Å². The second-order valence-corrected chi connectivity index (χ2v) is 10.1. The largest absolute Gasteiger partial charge is 0.327 e. The number of hydrogen-bond acceptors (Lipinski definition) is 5. The van der Waals surface area contributed by atoms with Gasteiger partial charge in [-0.2, -0.15) is 0 Å². The molecule has 1 amide bonds. The molecular formula is C26H34N6O. The van der Waals surface area contributed by atoms with Gasteiger partial charge in [-0.05, 0) is 73.2 Å².